The second-order valence-corrected chi connectivity index (χ2v) is 5.78. The molecular formula is C15H14BrClFN. The normalized spacial score (nSPS) is 12.5. The van der Waals surface area contributed by atoms with Gasteiger partial charge in [-0.25, -0.2) is 4.39 Å². The molecule has 0 bridgehead atoms. The van der Waals surface area contributed by atoms with Crippen LogP contribution in [0.3, 0.4) is 0 Å². The zero-order valence-corrected chi connectivity index (χ0v) is 13.0. The van der Waals surface area contributed by atoms with Gasteiger partial charge in [-0.3, -0.25) is 0 Å². The molecule has 1 atom stereocenters. The van der Waals surface area contributed by atoms with E-state index in [1.165, 1.54) is 6.07 Å². The molecule has 0 fully saturated rings. The zero-order chi connectivity index (χ0) is 14.2. The standard InChI is InChI=1S/C15H14BrClFN/c1-8-6-11(12(17)7-9(8)2)15(19)10-4-3-5-13(18)14(10)16/h3-7,15H,19H2,1-2H3. The van der Waals surface area contributed by atoms with E-state index in [0.29, 0.717) is 15.1 Å². The van der Waals surface area contributed by atoms with E-state index >= 15 is 0 Å². The van der Waals surface area contributed by atoms with Crippen molar-refractivity contribution < 1.29 is 4.39 Å². The Labute approximate surface area is 125 Å². The van der Waals surface area contributed by atoms with Crippen LogP contribution in [0.2, 0.25) is 5.02 Å². The van der Waals surface area contributed by atoms with Gasteiger partial charge in [0.25, 0.3) is 0 Å². The van der Waals surface area contributed by atoms with Crippen molar-refractivity contribution in [3.8, 4) is 0 Å². The second kappa shape index (κ2) is 5.61. The monoisotopic (exact) mass is 341 g/mol. The van der Waals surface area contributed by atoms with E-state index in [1.807, 2.05) is 26.0 Å². The molecule has 0 saturated heterocycles. The molecule has 2 N–H and O–H groups in total. The maximum Gasteiger partial charge on any atom is 0.137 e. The second-order valence-electron chi connectivity index (χ2n) is 4.58. The third kappa shape index (κ3) is 2.83. The van der Waals surface area contributed by atoms with Crippen LogP contribution in [0.5, 0.6) is 0 Å². The van der Waals surface area contributed by atoms with Crippen LogP contribution in [0.4, 0.5) is 4.39 Å². The first-order valence-electron chi connectivity index (χ1n) is 5.88. The molecule has 2 aromatic carbocycles. The zero-order valence-electron chi connectivity index (χ0n) is 10.7. The van der Waals surface area contributed by atoms with Gasteiger partial charge in [-0.1, -0.05) is 29.8 Å². The lowest BCUT2D eigenvalue weighted by atomic mass is 9.96. The lowest BCUT2D eigenvalue weighted by molar-refractivity contribution is 0.616. The molecule has 0 spiro atoms. The van der Waals surface area contributed by atoms with Crippen molar-refractivity contribution in [1.82, 2.24) is 0 Å². The third-order valence-electron chi connectivity index (χ3n) is 3.26. The van der Waals surface area contributed by atoms with Gasteiger partial charge >= 0.3 is 0 Å². The van der Waals surface area contributed by atoms with E-state index < -0.39 is 6.04 Å². The summed E-state index contributed by atoms with van der Waals surface area (Å²) in [6.07, 6.45) is 0. The van der Waals surface area contributed by atoms with E-state index in [1.54, 1.807) is 12.1 Å². The van der Waals surface area contributed by atoms with Crippen molar-refractivity contribution in [3.63, 3.8) is 0 Å². The van der Waals surface area contributed by atoms with Gasteiger partial charge in [-0.15, -0.1) is 0 Å². The molecule has 0 aromatic heterocycles. The number of benzene rings is 2. The number of aryl methyl sites for hydroxylation is 2. The van der Waals surface area contributed by atoms with Crippen molar-refractivity contribution in [2.45, 2.75) is 19.9 Å². The molecule has 0 amide bonds. The molecule has 0 radical (unpaired) electrons. The molecular weight excluding hydrogens is 329 g/mol. The van der Waals surface area contributed by atoms with Crippen LogP contribution in [0.1, 0.15) is 28.3 Å². The molecule has 100 valence electrons. The summed E-state index contributed by atoms with van der Waals surface area (Å²) in [5, 5.41) is 0.603. The Hall–Kier alpha value is -0.900. The highest BCUT2D eigenvalue weighted by Gasteiger charge is 2.17. The molecule has 1 nitrogen and oxygen atoms in total. The Morgan fingerprint density at radius 3 is 2.47 bits per heavy atom. The van der Waals surface area contributed by atoms with Gasteiger partial charge in [-0.05, 0) is 64.2 Å². The molecule has 0 saturated carbocycles. The first-order valence-corrected chi connectivity index (χ1v) is 7.05. The highest BCUT2D eigenvalue weighted by atomic mass is 79.9. The Balaban J connectivity index is 2.53. The average Bonchev–Trinajstić information content (AvgIpc) is 2.36. The van der Waals surface area contributed by atoms with Crippen molar-refractivity contribution >= 4 is 27.5 Å². The van der Waals surface area contributed by atoms with E-state index in [9.17, 15) is 4.39 Å². The van der Waals surface area contributed by atoms with E-state index in [0.717, 1.165) is 16.7 Å². The van der Waals surface area contributed by atoms with Crippen LogP contribution in [0.25, 0.3) is 0 Å². The van der Waals surface area contributed by atoms with E-state index in [-0.39, 0.29) is 5.82 Å². The number of halogens is 3. The van der Waals surface area contributed by atoms with Crippen LogP contribution < -0.4 is 5.73 Å². The third-order valence-corrected chi connectivity index (χ3v) is 4.43. The summed E-state index contributed by atoms with van der Waals surface area (Å²) >= 11 is 9.49. The lowest BCUT2D eigenvalue weighted by Crippen LogP contribution is -2.14. The minimum Gasteiger partial charge on any atom is -0.320 e. The highest BCUT2D eigenvalue weighted by Crippen LogP contribution is 2.33. The SMILES string of the molecule is Cc1cc(Cl)c(C(N)c2cccc(F)c2Br)cc1C. The largest absolute Gasteiger partial charge is 0.320 e. The Morgan fingerprint density at radius 1 is 1.16 bits per heavy atom. The number of hydrogen-bond donors (Lipinski definition) is 1. The molecule has 4 heteroatoms. The van der Waals surface area contributed by atoms with Gasteiger partial charge in [0.2, 0.25) is 0 Å². The van der Waals surface area contributed by atoms with E-state index in [2.05, 4.69) is 15.9 Å². The number of rotatable bonds is 2. The average molecular weight is 343 g/mol. The number of nitrogens with two attached hydrogens (primary N) is 1. The predicted molar refractivity (Wildman–Crippen MR) is 81.1 cm³/mol. The summed E-state index contributed by atoms with van der Waals surface area (Å²) < 4.78 is 13.9. The maximum absolute atomic E-state index is 13.6. The van der Waals surface area contributed by atoms with Crippen molar-refractivity contribution in [2.75, 3.05) is 0 Å². The van der Waals surface area contributed by atoms with Gasteiger partial charge in [0.1, 0.15) is 5.82 Å². The van der Waals surface area contributed by atoms with Crippen LogP contribution in [0, 0.1) is 19.7 Å². The van der Waals surface area contributed by atoms with Gasteiger partial charge in [0, 0.05) is 5.02 Å². The highest BCUT2D eigenvalue weighted by molar-refractivity contribution is 9.10. The fourth-order valence-electron chi connectivity index (χ4n) is 1.97. The number of hydrogen-bond acceptors (Lipinski definition) is 1. The van der Waals surface area contributed by atoms with E-state index in [4.69, 9.17) is 17.3 Å². The quantitative estimate of drug-likeness (QED) is 0.825. The van der Waals surface area contributed by atoms with Gasteiger partial charge in [0.05, 0.1) is 10.5 Å². The topological polar surface area (TPSA) is 26.0 Å². The molecule has 0 aliphatic carbocycles. The van der Waals surface area contributed by atoms with Crippen molar-refractivity contribution in [3.05, 3.63) is 67.9 Å². The summed E-state index contributed by atoms with van der Waals surface area (Å²) in [7, 11) is 0. The summed E-state index contributed by atoms with van der Waals surface area (Å²) in [5.74, 6) is -0.326. The van der Waals surface area contributed by atoms with Gasteiger partial charge in [0.15, 0.2) is 0 Å². The summed E-state index contributed by atoms with van der Waals surface area (Å²) in [6, 6.07) is 8.21. The Kier molecular flexibility index (Phi) is 4.29. The molecule has 19 heavy (non-hydrogen) atoms. The van der Waals surface area contributed by atoms with Crippen LogP contribution in [-0.4, -0.2) is 0 Å². The Bertz CT molecular complexity index is 628. The molecule has 0 heterocycles. The van der Waals surface area contributed by atoms with Crippen LogP contribution >= 0.6 is 27.5 Å². The van der Waals surface area contributed by atoms with Gasteiger partial charge < -0.3 is 5.73 Å². The Morgan fingerprint density at radius 2 is 1.79 bits per heavy atom. The fourth-order valence-corrected chi connectivity index (χ4v) is 2.82. The van der Waals surface area contributed by atoms with Crippen molar-refractivity contribution in [2.24, 2.45) is 5.73 Å². The van der Waals surface area contributed by atoms with Crippen molar-refractivity contribution in [1.29, 1.82) is 0 Å². The molecule has 0 aliphatic heterocycles. The molecule has 0 aliphatic rings. The van der Waals surface area contributed by atoms with Gasteiger partial charge in [-0.2, -0.15) is 0 Å². The molecule has 2 rings (SSSR count). The van der Waals surface area contributed by atoms with Crippen LogP contribution in [0.15, 0.2) is 34.8 Å². The molecule has 2 aromatic rings. The predicted octanol–water partition coefficient (Wildman–Crippen LogP) is 4.91. The first-order chi connectivity index (χ1) is 8.91. The smallest absolute Gasteiger partial charge is 0.137 e. The maximum atomic E-state index is 13.6. The lowest BCUT2D eigenvalue weighted by Gasteiger charge is -2.17. The van der Waals surface area contributed by atoms with Crippen LogP contribution in [-0.2, 0) is 0 Å². The summed E-state index contributed by atoms with van der Waals surface area (Å²) in [5.41, 5.74) is 9.94. The fraction of sp³-hybridized carbons (Fsp3) is 0.200. The molecule has 1 unspecified atom stereocenters. The minimum absolute atomic E-state index is 0.326. The first kappa shape index (κ1) is 14.5. The minimum atomic E-state index is -0.461. The summed E-state index contributed by atoms with van der Waals surface area (Å²) in [6.45, 7) is 4.00. The summed E-state index contributed by atoms with van der Waals surface area (Å²) in [4.78, 5) is 0.